The van der Waals surface area contributed by atoms with Crippen LogP contribution in [0.3, 0.4) is 0 Å². The second-order valence-electron chi connectivity index (χ2n) is 11.1. The van der Waals surface area contributed by atoms with Crippen molar-refractivity contribution in [2.24, 2.45) is 7.05 Å². The van der Waals surface area contributed by atoms with E-state index in [1.807, 2.05) is 25.5 Å². The number of piperazine rings is 1. The number of nitrogens with one attached hydrogen (secondary N) is 3. The van der Waals surface area contributed by atoms with Crippen LogP contribution in [0.2, 0.25) is 0 Å². The highest BCUT2D eigenvalue weighted by atomic mass is 16.5. The number of fused-ring (bicyclic) bond motifs is 1. The van der Waals surface area contributed by atoms with Crippen molar-refractivity contribution < 1.29 is 14.6 Å². The normalized spacial score (nSPS) is 14.9. The van der Waals surface area contributed by atoms with E-state index in [1.54, 1.807) is 36.2 Å². The summed E-state index contributed by atoms with van der Waals surface area (Å²) in [4.78, 5) is 30.4. The number of hydrogen-bond acceptors (Lipinski definition) is 9. The summed E-state index contributed by atoms with van der Waals surface area (Å²) < 4.78 is 7.02. The van der Waals surface area contributed by atoms with Crippen LogP contribution in [0.15, 0.2) is 67.1 Å². The first-order valence-corrected chi connectivity index (χ1v) is 14.7. The molecule has 228 valence electrons. The fourth-order valence-corrected chi connectivity index (χ4v) is 5.74. The zero-order chi connectivity index (χ0) is 30.6. The number of phenols is 1. The largest absolute Gasteiger partial charge is 0.507 e. The fraction of sp³-hybridized carbons (Fsp3) is 0.312. The van der Waals surface area contributed by atoms with E-state index in [2.05, 4.69) is 60.7 Å². The molecule has 2 aromatic carbocycles. The van der Waals surface area contributed by atoms with Gasteiger partial charge in [-0.15, -0.1) is 5.10 Å². The zero-order valence-electron chi connectivity index (χ0n) is 25.1. The average molecular weight is 596 g/mol. The van der Waals surface area contributed by atoms with Gasteiger partial charge in [-0.3, -0.25) is 14.4 Å². The van der Waals surface area contributed by atoms with Gasteiger partial charge in [-0.25, -0.2) is 9.97 Å². The Balaban J connectivity index is 1.25. The van der Waals surface area contributed by atoms with Gasteiger partial charge in [-0.1, -0.05) is 30.3 Å². The number of likely N-dealkylation sites (N-methyl/N-ethyl adjacent to an activating group) is 1. The van der Waals surface area contributed by atoms with E-state index in [-0.39, 0.29) is 23.3 Å². The number of amides is 1. The van der Waals surface area contributed by atoms with Crippen molar-refractivity contribution in [3.63, 3.8) is 0 Å². The highest BCUT2D eigenvalue weighted by molar-refractivity contribution is 5.97. The third-order valence-electron chi connectivity index (χ3n) is 8.12. The van der Waals surface area contributed by atoms with E-state index in [0.717, 1.165) is 60.3 Å². The standard InChI is InChI=1S/C32H37N9O3/c1-39-13-15-41(16-14-39)22(18-35-30(43)24-8-4-5-10-28(24)42)17-21-7-6-9-23-25(19-34-29(21)23)26-11-12-33-32(36-26)37-27-20-40(2)38-31(27)44-3/h4-12,19-20,22,34,42H,13-18H2,1-3H3,(H,35,43)(H,33,36,37)/t22-/m1/s1. The Bertz CT molecular complexity index is 1760. The number of ether oxygens (including phenoxy) is 1. The molecule has 1 atom stereocenters. The lowest BCUT2D eigenvalue weighted by atomic mass is 9.99. The molecule has 0 aliphatic carbocycles. The van der Waals surface area contributed by atoms with E-state index in [4.69, 9.17) is 9.72 Å². The third kappa shape index (κ3) is 6.21. The first-order chi connectivity index (χ1) is 21.4. The molecule has 6 rings (SSSR count). The number of aryl methyl sites for hydroxylation is 1. The van der Waals surface area contributed by atoms with Gasteiger partial charge in [0.05, 0.1) is 24.6 Å². The predicted molar refractivity (Wildman–Crippen MR) is 169 cm³/mol. The minimum atomic E-state index is -0.278. The number of phenolic OH excluding ortho intramolecular Hbond substituents is 1. The number of aromatic hydroxyl groups is 1. The van der Waals surface area contributed by atoms with Gasteiger partial charge < -0.3 is 30.4 Å². The Kier molecular flexibility index (Phi) is 8.44. The Hall–Kier alpha value is -4.94. The lowest BCUT2D eigenvalue weighted by Crippen LogP contribution is -2.53. The van der Waals surface area contributed by atoms with Crippen LogP contribution in [0.5, 0.6) is 11.6 Å². The van der Waals surface area contributed by atoms with Gasteiger partial charge in [0, 0.05) is 74.7 Å². The van der Waals surface area contributed by atoms with E-state index in [1.165, 1.54) is 6.07 Å². The third-order valence-corrected chi connectivity index (χ3v) is 8.12. The smallest absolute Gasteiger partial charge is 0.256 e. The number of nitrogens with zero attached hydrogens (tertiary/aromatic N) is 6. The van der Waals surface area contributed by atoms with Gasteiger partial charge in [0.1, 0.15) is 11.4 Å². The second-order valence-corrected chi connectivity index (χ2v) is 11.1. The maximum absolute atomic E-state index is 13.0. The minimum absolute atomic E-state index is 0.0209. The number of aromatic nitrogens is 5. The highest BCUT2D eigenvalue weighted by Crippen LogP contribution is 2.31. The molecule has 1 saturated heterocycles. The number of hydrogen-bond donors (Lipinski definition) is 4. The monoisotopic (exact) mass is 595 g/mol. The predicted octanol–water partition coefficient (Wildman–Crippen LogP) is 3.40. The molecule has 4 heterocycles. The van der Waals surface area contributed by atoms with Crippen LogP contribution in [0.25, 0.3) is 22.2 Å². The topological polar surface area (TPSA) is 136 Å². The molecular weight excluding hydrogens is 558 g/mol. The van der Waals surface area contributed by atoms with Crippen LogP contribution in [0, 0.1) is 0 Å². The highest BCUT2D eigenvalue weighted by Gasteiger charge is 2.25. The van der Waals surface area contributed by atoms with Crippen molar-refractivity contribution in [3.8, 4) is 22.9 Å². The second kappa shape index (κ2) is 12.7. The molecule has 1 fully saturated rings. The number of aromatic amines is 1. The Morgan fingerprint density at radius 1 is 1.09 bits per heavy atom. The van der Waals surface area contributed by atoms with Crippen molar-refractivity contribution in [1.82, 2.24) is 39.8 Å². The van der Waals surface area contributed by atoms with Crippen LogP contribution in [0.1, 0.15) is 15.9 Å². The number of para-hydroxylation sites is 2. The van der Waals surface area contributed by atoms with Crippen molar-refractivity contribution in [2.75, 3.05) is 52.2 Å². The molecule has 12 nitrogen and oxygen atoms in total. The molecule has 4 N–H and O–H groups in total. The summed E-state index contributed by atoms with van der Waals surface area (Å²) in [5, 5.41) is 21.8. The lowest BCUT2D eigenvalue weighted by Gasteiger charge is -2.38. The number of anilines is 2. The van der Waals surface area contributed by atoms with Crippen LogP contribution >= 0.6 is 0 Å². The van der Waals surface area contributed by atoms with Gasteiger partial charge in [-0.05, 0) is 37.2 Å². The molecule has 0 unspecified atom stereocenters. The summed E-state index contributed by atoms with van der Waals surface area (Å²) in [6, 6.07) is 14.9. The van der Waals surface area contributed by atoms with Crippen LogP contribution in [-0.4, -0.2) is 98.5 Å². The summed E-state index contributed by atoms with van der Waals surface area (Å²) in [5.41, 5.74) is 4.89. The quantitative estimate of drug-likeness (QED) is 0.192. The molecule has 12 heteroatoms. The SMILES string of the molecule is COc1nn(C)cc1Nc1nccc(-c2c[nH]c3c(C[C@H](CNC(=O)c4ccccc4O)N4CCN(C)CC4)cccc23)n1. The molecule has 0 saturated carbocycles. The zero-order valence-corrected chi connectivity index (χ0v) is 25.1. The first kappa shape index (κ1) is 29.1. The number of H-pyrrole nitrogens is 1. The average Bonchev–Trinajstić information content (AvgIpc) is 3.63. The van der Waals surface area contributed by atoms with E-state index >= 15 is 0 Å². The van der Waals surface area contributed by atoms with Crippen molar-refractivity contribution in [2.45, 2.75) is 12.5 Å². The molecule has 1 aliphatic heterocycles. The molecule has 1 amide bonds. The number of rotatable bonds is 10. The van der Waals surface area contributed by atoms with Gasteiger partial charge in [0.25, 0.3) is 11.8 Å². The molecule has 1 aliphatic rings. The maximum atomic E-state index is 13.0. The van der Waals surface area contributed by atoms with Crippen molar-refractivity contribution in [1.29, 1.82) is 0 Å². The number of carbonyl (C=O) groups excluding carboxylic acids is 1. The van der Waals surface area contributed by atoms with Crippen LogP contribution < -0.4 is 15.4 Å². The van der Waals surface area contributed by atoms with Gasteiger partial charge in [0.15, 0.2) is 0 Å². The van der Waals surface area contributed by atoms with E-state index in [9.17, 15) is 9.90 Å². The number of carbonyl (C=O) groups is 1. The summed E-state index contributed by atoms with van der Waals surface area (Å²) in [6.07, 6.45) is 6.26. The fourth-order valence-electron chi connectivity index (χ4n) is 5.74. The van der Waals surface area contributed by atoms with Crippen molar-refractivity contribution in [3.05, 3.63) is 78.2 Å². The molecule has 5 aromatic rings. The van der Waals surface area contributed by atoms with E-state index in [0.29, 0.717) is 24.1 Å². The first-order valence-electron chi connectivity index (χ1n) is 14.7. The molecular formula is C32H37N9O3. The minimum Gasteiger partial charge on any atom is -0.507 e. The number of methoxy groups -OCH3 is 1. The van der Waals surface area contributed by atoms with Crippen molar-refractivity contribution >= 4 is 28.4 Å². The Labute approximate surface area is 255 Å². The summed E-state index contributed by atoms with van der Waals surface area (Å²) in [6.45, 7) is 4.22. The van der Waals surface area contributed by atoms with Gasteiger partial charge >= 0.3 is 0 Å². The Morgan fingerprint density at radius 3 is 2.70 bits per heavy atom. The molecule has 44 heavy (non-hydrogen) atoms. The van der Waals surface area contributed by atoms with Crippen LogP contribution in [0.4, 0.5) is 11.6 Å². The summed E-state index contributed by atoms with van der Waals surface area (Å²) >= 11 is 0. The van der Waals surface area contributed by atoms with Gasteiger partial charge in [0.2, 0.25) is 5.95 Å². The molecule has 0 radical (unpaired) electrons. The lowest BCUT2D eigenvalue weighted by molar-refractivity contribution is 0.0884. The Morgan fingerprint density at radius 2 is 1.91 bits per heavy atom. The maximum Gasteiger partial charge on any atom is 0.256 e. The summed E-state index contributed by atoms with van der Waals surface area (Å²) in [7, 11) is 5.53. The van der Waals surface area contributed by atoms with Crippen LogP contribution in [-0.2, 0) is 13.5 Å². The van der Waals surface area contributed by atoms with Gasteiger partial charge in [-0.2, -0.15) is 0 Å². The number of benzene rings is 2. The molecule has 0 bridgehead atoms. The molecule has 3 aromatic heterocycles. The van der Waals surface area contributed by atoms with E-state index < -0.39 is 0 Å². The summed E-state index contributed by atoms with van der Waals surface area (Å²) in [5.74, 6) is 0.603. The molecule has 0 spiro atoms.